The van der Waals surface area contributed by atoms with E-state index in [0.717, 1.165) is 35.5 Å². The van der Waals surface area contributed by atoms with Crippen LogP contribution in [0.1, 0.15) is 18.4 Å². The molecule has 0 saturated carbocycles. The van der Waals surface area contributed by atoms with Crippen LogP contribution in [0.5, 0.6) is 5.75 Å². The number of methoxy groups -OCH3 is 1. The topological polar surface area (TPSA) is 51.5 Å². The van der Waals surface area contributed by atoms with Gasteiger partial charge < -0.3 is 14.5 Å². The molecule has 1 N–H and O–H groups in total. The second kappa shape index (κ2) is 5.35. The molecule has 1 aliphatic rings. The first-order valence-electron chi connectivity index (χ1n) is 6.57. The largest absolute Gasteiger partial charge is 0.493 e. The van der Waals surface area contributed by atoms with Crippen LogP contribution in [0.2, 0.25) is 0 Å². The Hall–Kier alpha value is -1.33. The maximum atomic E-state index is 11.3. The van der Waals surface area contributed by atoms with Gasteiger partial charge in [0.25, 0.3) is 0 Å². The summed E-state index contributed by atoms with van der Waals surface area (Å²) >= 11 is 1.14. The number of fused-ring (bicyclic) bond motifs is 1. The highest BCUT2D eigenvalue weighted by Crippen LogP contribution is 2.31. The fourth-order valence-corrected chi connectivity index (χ4v) is 3.44. The van der Waals surface area contributed by atoms with Gasteiger partial charge in [0.1, 0.15) is 0 Å². The van der Waals surface area contributed by atoms with E-state index in [-0.39, 0.29) is 4.94 Å². The van der Waals surface area contributed by atoms with Gasteiger partial charge in [-0.25, -0.2) is 4.79 Å². The first-order valence-corrected chi connectivity index (χ1v) is 7.39. The standard InChI is InChI=1S/C14H17NO3S/c1-17-11-7-10(6-9-2-4-15-5-3-9)8-12-13(11)18-14(16)19-12/h7-9,15H,2-6H2,1H3. The maximum Gasteiger partial charge on any atom is 0.396 e. The highest BCUT2D eigenvalue weighted by Gasteiger charge is 2.16. The normalized spacial score (nSPS) is 16.9. The molecule has 0 spiro atoms. The molecule has 1 fully saturated rings. The third kappa shape index (κ3) is 2.67. The molecule has 1 aromatic carbocycles. The Morgan fingerprint density at radius 1 is 1.42 bits per heavy atom. The van der Waals surface area contributed by atoms with Crippen molar-refractivity contribution in [3.63, 3.8) is 0 Å². The van der Waals surface area contributed by atoms with E-state index in [1.54, 1.807) is 7.11 Å². The lowest BCUT2D eigenvalue weighted by Gasteiger charge is -2.22. The Balaban J connectivity index is 1.92. The average molecular weight is 279 g/mol. The maximum absolute atomic E-state index is 11.3. The summed E-state index contributed by atoms with van der Waals surface area (Å²) in [5.74, 6) is 1.38. The van der Waals surface area contributed by atoms with E-state index in [9.17, 15) is 4.79 Å². The summed E-state index contributed by atoms with van der Waals surface area (Å²) in [6.07, 6.45) is 3.46. The lowest BCUT2D eigenvalue weighted by atomic mass is 9.91. The third-order valence-electron chi connectivity index (χ3n) is 3.66. The van der Waals surface area contributed by atoms with Gasteiger partial charge in [0.15, 0.2) is 11.3 Å². The lowest BCUT2D eigenvalue weighted by Crippen LogP contribution is -2.28. The van der Waals surface area contributed by atoms with Crippen LogP contribution in [0.25, 0.3) is 10.3 Å². The molecule has 1 saturated heterocycles. The van der Waals surface area contributed by atoms with E-state index in [2.05, 4.69) is 11.4 Å². The fraction of sp³-hybridized carbons (Fsp3) is 0.500. The molecule has 0 unspecified atom stereocenters. The predicted octanol–water partition coefficient (Wildman–Crippen LogP) is 2.41. The minimum absolute atomic E-state index is 0.271. The monoisotopic (exact) mass is 279 g/mol. The number of hydrogen-bond acceptors (Lipinski definition) is 5. The number of hydrogen-bond donors (Lipinski definition) is 1. The summed E-state index contributed by atoms with van der Waals surface area (Å²) in [6.45, 7) is 2.20. The number of ether oxygens (including phenoxy) is 1. The first-order chi connectivity index (χ1) is 9.26. The summed E-state index contributed by atoms with van der Waals surface area (Å²) in [5, 5.41) is 3.38. The molecule has 0 bridgehead atoms. The van der Waals surface area contributed by atoms with Gasteiger partial charge in [-0.05, 0) is 56.0 Å². The van der Waals surface area contributed by atoms with Crippen molar-refractivity contribution in [2.45, 2.75) is 19.3 Å². The van der Waals surface area contributed by atoms with Gasteiger partial charge in [-0.3, -0.25) is 0 Å². The lowest BCUT2D eigenvalue weighted by molar-refractivity contribution is 0.371. The van der Waals surface area contributed by atoms with Gasteiger partial charge >= 0.3 is 4.94 Å². The van der Waals surface area contributed by atoms with Crippen LogP contribution in [-0.4, -0.2) is 20.2 Å². The zero-order valence-electron chi connectivity index (χ0n) is 10.9. The minimum Gasteiger partial charge on any atom is -0.493 e. The van der Waals surface area contributed by atoms with Gasteiger partial charge in [-0.15, -0.1) is 0 Å². The second-order valence-corrected chi connectivity index (χ2v) is 5.95. The van der Waals surface area contributed by atoms with Crippen molar-refractivity contribution in [3.8, 4) is 5.75 Å². The molecule has 2 aromatic rings. The molecular weight excluding hydrogens is 262 g/mol. The highest BCUT2D eigenvalue weighted by molar-refractivity contribution is 7.16. The summed E-state index contributed by atoms with van der Waals surface area (Å²) in [6, 6.07) is 4.06. The van der Waals surface area contributed by atoms with Crippen molar-refractivity contribution in [2.75, 3.05) is 20.2 Å². The van der Waals surface area contributed by atoms with Crippen molar-refractivity contribution in [2.24, 2.45) is 5.92 Å². The fourth-order valence-electron chi connectivity index (χ4n) is 2.69. The Labute approximate surface area is 115 Å². The molecule has 102 valence electrons. The van der Waals surface area contributed by atoms with Crippen LogP contribution in [0.3, 0.4) is 0 Å². The molecule has 5 heteroatoms. The average Bonchev–Trinajstić information content (AvgIpc) is 2.79. The van der Waals surface area contributed by atoms with Crippen LogP contribution in [0, 0.1) is 5.92 Å². The number of nitrogens with one attached hydrogen (secondary N) is 1. The van der Waals surface area contributed by atoms with Crippen molar-refractivity contribution in [1.29, 1.82) is 0 Å². The number of rotatable bonds is 3. The molecule has 0 atom stereocenters. The number of piperidine rings is 1. The minimum atomic E-state index is -0.271. The van der Waals surface area contributed by atoms with Gasteiger partial charge in [-0.1, -0.05) is 11.3 Å². The van der Waals surface area contributed by atoms with Gasteiger partial charge in [0.2, 0.25) is 0 Å². The Kier molecular flexibility index (Phi) is 3.57. The molecule has 1 aliphatic heterocycles. The summed E-state index contributed by atoms with van der Waals surface area (Å²) in [5.41, 5.74) is 1.81. The van der Waals surface area contributed by atoms with Crippen LogP contribution >= 0.6 is 11.3 Å². The van der Waals surface area contributed by atoms with E-state index in [4.69, 9.17) is 9.15 Å². The third-order valence-corrected chi connectivity index (χ3v) is 4.44. The molecule has 0 aliphatic carbocycles. The first kappa shape index (κ1) is 12.7. The molecule has 4 nitrogen and oxygen atoms in total. The molecule has 2 heterocycles. The molecule has 3 rings (SSSR count). The van der Waals surface area contributed by atoms with E-state index in [1.165, 1.54) is 18.4 Å². The van der Waals surface area contributed by atoms with Gasteiger partial charge in [0.05, 0.1) is 11.8 Å². The molecule has 0 radical (unpaired) electrons. The van der Waals surface area contributed by atoms with Crippen LogP contribution in [0.15, 0.2) is 21.3 Å². The van der Waals surface area contributed by atoms with Crippen molar-refractivity contribution in [3.05, 3.63) is 27.4 Å². The van der Waals surface area contributed by atoms with Crippen LogP contribution in [-0.2, 0) is 6.42 Å². The summed E-state index contributed by atoms with van der Waals surface area (Å²) in [7, 11) is 1.61. The van der Waals surface area contributed by atoms with Crippen molar-refractivity contribution < 1.29 is 9.15 Å². The molecular formula is C14H17NO3S. The molecule has 19 heavy (non-hydrogen) atoms. The van der Waals surface area contributed by atoms with E-state index in [1.807, 2.05) is 6.07 Å². The van der Waals surface area contributed by atoms with E-state index in [0.29, 0.717) is 17.3 Å². The Morgan fingerprint density at radius 2 is 2.21 bits per heavy atom. The van der Waals surface area contributed by atoms with Gasteiger partial charge in [-0.2, -0.15) is 0 Å². The predicted molar refractivity (Wildman–Crippen MR) is 76.2 cm³/mol. The van der Waals surface area contributed by atoms with Crippen LogP contribution in [0.4, 0.5) is 0 Å². The van der Waals surface area contributed by atoms with E-state index < -0.39 is 0 Å². The quantitative estimate of drug-likeness (QED) is 0.937. The van der Waals surface area contributed by atoms with Crippen LogP contribution < -0.4 is 15.0 Å². The SMILES string of the molecule is COc1cc(CC2CCNCC2)cc2sc(=O)oc12. The Bertz CT molecular complexity index is 625. The smallest absolute Gasteiger partial charge is 0.396 e. The second-order valence-electron chi connectivity index (χ2n) is 4.98. The van der Waals surface area contributed by atoms with Crippen molar-refractivity contribution in [1.82, 2.24) is 5.32 Å². The van der Waals surface area contributed by atoms with Crippen molar-refractivity contribution >= 4 is 21.6 Å². The summed E-state index contributed by atoms with van der Waals surface area (Å²) < 4.78 is 11.4. The highest BCUT2D eigenvalue weighted by atomic mass is 32.1. The van der Waals surface area contributed by atoms with E-state index >= 15 is 0 Å². The number of benzene rings is 1. The zero-order valence-corrected chi connectivity index (χ0v) is 11.7. The van der Waals surface area contributed by atoms with Gasteiger partial charge in [0, 0.05) is 0 Å². The summed E-state index contributed by atoms with van der Waals surface area (Å²) in [4.78, 5) is 11.1. The Morgan fingerprint density at radius 3 is 2.95 bits per heavy atom. The molecule has 1 aromatic heterocycles. The molecule has 0 amide bonds. The zero-order chi connectivity index (χ0) is 13.2.